The minimum Gasteiger partial charge on any atom is -0.486 e. The molecule has 0 aliphatic carbocycles. The summed E-state index contributed by atoms with van der Waals surface area (Å²) < 4.78 is 60.1. The van der Waals surface area contributed by atoms with Crippen LogP contribution in [-0.2, 0) is 12.8 Å². The highest BCUT2D eigenvalue weighted by Crippen LogP contribution is 2.33. The summed E-state index contributed by atoms with van der Waals surface area (Å²) in [6.07, 6.45) is -4.84. The summed E-state index contributed by atoms with van der Waals surface area (Å²) in [4.78, 5) is 10.6. The molecule has 0 aliphatic heterocycles. The number of carbonyl (C=O) groups is 1. The van der Waals surface area contributed by atoms with Gasteiger partial charge in [0.05, 0.1) is 5.56 Å². The molecule has 5 nitrogen and oxygen atoms in total. The van der Waals surface area contributed by atoms with E-state index >= 15 is 0 Å². The number of aromatic nitrogens is 1. The molecule has 1 aromatic carbocycles. The van der Waals surface area contributed by atoms with Crippen LogP contribution in [0.25, 0.3) is 0 Å². The summed E-state index contributed by atoms with van der Waals surface area (Å²) in [6.45, 7) is -0.344. The third-order valence-electron chi connectivity index (χ3n) is 2.40. The van der Waals surface area contributed by atoms with E-state index in [1.54, 1.807) is 0 Å². The molecule has 1 aromatic heterocycles. The van der Waals surface area contributed by atoms with E-state index in [0.29, 0.717) is 12.1 Å². The van der Waals surface area contributed by atoms with Gasteiger partial charge in [-0.05, 0) is 18.2 Å². The van der Waals surface area contributed by atoms with Gasteiger partial charge in [-0.15, -0.1) is 0 Å². The summed E-state index contributed by atoms with van der Waals surface area (Å²) in [7, 11) is 0. The third-order valence-corrected chi connectivity index (χ3v) is 2.40. The second-order valence-electron chi connectivity index (χ2n) is 3.91. The van der Waals surface area contributed by atoms with Crippen LogP contribution < -0.4 is 4.74 Å². The molecule has 2 aromatic rings. The van der Waals surface area contributed by atoms with E-state index in [1.807, 2.05) is 0 Å². The van der Waals surface area contributed by atoms with Gasteiger partial charge in [-0.2, -0.15) is 13.2 Å². The Morgan fingerprint density at radius 1 is 1.33 bits per heavy atom. The lowest BCUT2D eigenvalue weighted by Gasteiger charge is -2.10. The minimum absolute atomic E-state index is 0.00489. The number of hydrogen-bond donors (Lipinski definition) is 1. The van der Waals surface area contributed by atoms with Gasteiger partial charge in [0.15, 0.2) is 11.5 Å². The molecule has 21 heavy (non-hydrogen) atoms. The lowest BCUT2D eigenvalue weighted by Crippen LogP contribution is -2.08. The summed E-state index contributed by atoms with van der Waals surface area (Å²) in [6, 6.07) is 3.21. The van der Waals surface area contributed by atoms with Crippen LogP contribution in [0.1, 0.15) is 21.8 Å². The number of alkyl halides is 3. The number of nitrogens with zero attached hydrogens (tertiary/aromatic N) is 1. The molecule has 2 rings (SSSR count). The monoisotopic (exact) mass is 305 g/mol. The predicted octanol–water partition coefficient (Wildman–Crippen LogP) is 3.11. The van der Waals surface area contributed by atoms with Gasteiger partial charge in [0, 0.05) is 6.07 Å². The van der Waals surface area contributed by atoms with E-state index in [4.69, 9.17) is 9.84 Å². The number of halogens is 4. The third kappa shape index (κ3) is 3.50. The molecule has 0 aliphatic rings. The van der Waals surface area contributed by atoms with Crippen LogP contribution in [0.3, 0.4) is 0 Å². The Morgan fingerprint density at radius 3 is 2.62 bits per heavy atom. The van der Waals surface area contributed by atoms with Crippen molar-refractivity contribution >= 4 is 5.97 Å². The van der Waals surface area contributed by atoms with Crippen molar-refractivity contribution in [3.8, 4) is 5.75 Å². The van der Waals surface area contributed by atoms with Crippen molar-refractivity contribution in [3.05, 3.63) is 47.1 Å². The molecule has 0 radical (unpaired) electrons. The maximum absolute atomic E-state index is 13.1. The van der Waals surface area contributed by atoms with Crippen molar-refractivity contribution in [1.82, 2.24) is 5.16 Å². The summed E-state index contributed by atoms with van der Waals surface area (Å²) in [5.41, 5.74) is -1.81. The zero-order chi connectivity index (χ0) is 15.6. The first-order valence-electron chi connectivity index (χ1n) is 5.46. The van der Waals surface area contributed by atoms with E-state index in [9.17, 15) is 22.4 Å². The van der Waals surface area contributed by atoms with Crippen molar-refractivity contribution in [3.63, 3.8) is 0 Å². The quantitative estimate of drug-likeness (QED) is 0.879. The fourth-order valence-electron chi connectivity index (χ4n) is 1.45. The molecular weight excluding hydrogens is 298 g/mol. The standard InChI is InChI=1S/C12H7F4NO4/c13-9-2-1-6(3-8(9)12(14,15)16)20-5-7-4-10(11(18)19)17-21-7/h1-4H,5H2,(H,18,19). The molecule has 1 N–H and O–H groups in total. The van der Waals surface area contributed by atoms with Crippen LogP contribution in [0.2, 0.25) is 0 Å². The van der Waals surface area contributed by atoms with Crippen LogP contribution in [0.15, 0.2) is 28.8 Å². The molecular formula is C12H7F4NO4. The first-order valence-corrected chi connectivity index (χ1v) is 5.46. The Bertz CT molecular complexity index is 666. The van der Waals surface area contributed by atoms with Crippen LogP contribution in [0, 0.1) is 5.82 Å². The van der Waals surface area contributed by atoms with Crippen LogP contribution in [0.4, 0.5) is 17.6 Å². The molecule has 112 valence electrons. The Labute approximate surface area is 114 Å². The SMILES string of the molecule is O=C(O)c1cc(COc2ccc(F)c(C(F)(F)F)c2)on1. The van der Waals surface area contributed by atoms with Gasteiger partial charge in [-0.3, -0.25) is 0 Å². The van der Waals surface area contributed by atoms with Gasteiger partial charge in [0.25, 0.3) is 0 Å². The highest BCUT2D eigenvalue weighted by molar-refractivity contribution is 5.85. The Morgan fingerprint density at radius 2 is 2.05 bits per heavy atom. The smallest absolute Gasteiger partial charge is 0.419 e. The first-order chi connectivity index (χ1) is 9.77. The number of benzene rings is 1. The molecule has 9 heteroatoms. The average molecular weight is 305 g/mol. The molecule has 0 spiro atoms. The normalized spacial score (nSPS) is 11.4. The summed E-state index contributed by atoms with van der Waals surface area (Å²) >= 11 is 0. The van der Waals surface area contributed by atoms with Crippen molar-refractivity contribution in [2.45, 2.75) is 12.8 Å². The van der Waals surface area contributed by atoms with Gasteiger partial charge in [-0.1, -0.05) is 5.16 Å². The molecule has 0 atom stereocenters. The zero-order valence-corrected chi connectivity index (χ0v) is 10.1. The fraction of sp³-hybridized carbons (Fsp3) is 0.167. The van der Waals surface area contributed by atoms with E-state index in [2.05, 4.69) is 9.68 Å². The topological polar surface area (TPSA) is 72.6 Å². The molecule has 0 bridgehead atoms. The number of rotatable bonds is 4. The van der Waals surface area contributed by atoms with Crippen molar-refractivity contribution in [2.24, 2.45) is 0 Å². The largest absolute Gasteiger partial charge is 0.486 e. The Hall–Kier alpha value is -2.58. The number of carboxylic acids is 1. The molecule has 0 saturated carbocycles. The van der Waals surface area contributed by atoms with Gasteiger partial charge in [0.2, 0.25) is 0 Å². The van der Waals surface area contributed by atoms with Gasteiger partial charge >= 0.3 is 12.1 Å². The number of hydrogen-bond acceptors (Lipinski definition) is 4. The molecule has 0 fully saturated rings. The minimum atomic E-state index is -4.84. The second-order valence-corrected chi connectivity index (χ2v) is 3.91. The lowest BCUT2D eigenvalue weighted by atomic mass is 10.2. The summed E-state index contributed by atoms with van der Waals surface area (Å²) in [5, 5.41) is 11.8. The maximum Gasteiger partial charge on any atom is 0.419 e. The fourth-order valence-corrected chi connectivity index (χ4v) is 1.45. The summed E-state index contributed by atoms with van der Waals surface area (Å²) in [5.74, 6) is -2.96. The van der Waals surface area contributed by atoms with Gasteiger partial charge in [-0.25, -0.2) is 9.18 Å². The van der Waals surface area contributed by atoms with Gasteiger partial charge < -0.3 is 14.4 Å². The van der Waals surface area contributed by atoms with E-state index in [0.717, 1.165) is 12.1 Å². The van der Waals surface area contributed by atoms with Crippen LogP contribution >= 0.6 is 0 Å². The molecule has 1 heterocycles. The zero-order valence-electron chi connectivity index (χ0n) is 10.1. The lowest BCUT2D eigenvalue weighted by molar-refractivity contribution is -0.140. The van der Waals surface area contributed by atoms with Crippen molar-refractivity contribution in [2.75, 3.05) is 0 Å². The first kappa shape index (κ1) is 14.8. The van der Waals surface area contributed by atoms with Crippen LogP contribution in [-0.4, -0.2) is 16.2 Å². The molecule has 0 saturated heterocycles. The Balaban J connectivity index is 2.11. The maximum atomic E-state index is 13.1. The average Bonchev–Trinajstić information content (AvgIpc) is 2.85. The second kappa shape index (κ2) is 5.43. The van der Waals surface area contributed by atoms with Crippen molar-refractivity contribution < 1.29 is 36.7 Å². The predicted molar refractivity (Wildman–Crippen MR) is 59.2 cm³/mol. The van der Waals surface area contributed by atoms with E-state index < -0.39 is 23.5 Å². The molecule has 0 amide bonds. The highest BCUT2D eigenvalue weighted by Gasteiger charge is 2.34. The Kier molecular flexibility index (Phi) is 3.83. The van der Waals surface area contributed by atoms with Crippen LogP contribution in [0.5, 0.6) is 5.75 Å². The van der Waals surface area contributed by atoms with E-state index in [1.165, 1.54) is 0 Å². The number of ether oxygens (including phenoxy) is 1. The molecule has 0 unspecified atom stereocenters. The van der Waals surface area contributed by atoms with Gasteiger partial charge in [0.1, 0.15) is 18.2 Å². The van der Waals surface area contributed by atoms with Crippen molar-refractivity contribution in [1.29, 1.82) is 0 Å². The highest BCUT2D eigenvalue weighted by atomic mass is 19.4. The van der Waals surface area contributed by atoms with E-state index in [-0.39, 0.29) is 23.8 Å². The number of carboxylic acid groups (broad SMARTS) is 1. The number of aromatic carboxylic acids is 1.